The zero-order valence-electron chi connectivity index (χ0n) is 15.2. The molecule has 0 unspecified atom stereocenters. The molecule has 0 spiro atoms. The predicted molar refractivity (Wildman–Crippen MR) is 112 cm³/mol. The summed E-state index contributed by atoms with van der Waals surface area (Å²) >= 11 is 0. The normalized spacial score (nSPS) is 10.9. The van der Waals surface area contributed by atoms with Crippen molar-refractivity contribution in [1.29, 1.82) is 0 Å². The second kappa shape index (κ2) is 12.3. The largest absolute Gasteiger partial charge is 0.469 e. The lowest BCUT2D eigenvalue weighted by atomic mass is 10.3. The van der Waals surface area contributed by atoms with Gasteiger partial charge in [0.2, 0.25) is 5.91 Å². The third-order valence-corrected chi connectivity index (χ3v) is 3.53. The van der Waals surface area contributed by atoms with Crippen LogP contribution in [0, 0.1) is 0 Å². The zero-order chi connectivity index (χ0) is 17.9. The zero-order valence-corrected chi connectivity index (χ0v) is 17.6. The fourth-order valence-electron chi connectivity index (χ4n) is 2.10. The van der Waals surface area contributed by atoms with Gasteiger partial charge in [0.1, 0.15) is 12.3 Å². The Balaban J connectivity index is 0.00000338. The molecule has 0 aliphatic carbocycles. The van der Waals surface area contributed by atoms with Crippen LogP contribution in [0.15, 0.2) is 46.3 Å². The topological polar surface area (TPSA) is 87.7 Å². The predicted octanol–water partition coefficient (Wildman–Crippen LogP) is 1.35. The number of carbonyl (C=O) groups excluding carboxylic acids is 1. The number of rotatable bonds is 9. The van der Waals surface area contributed by atoms with Gasteiger partial charge in [0.25, 0.3) is 0 Å². The number of hydrogen-bond donors (Lipinski definition) is 2. The summed E-state index contributed by atoms with van der Waals surface area (Å²) in [5.74, 6) is 1.50. The maximum Gasteiger partial charge on any atom is 0.243 e. The number of aryl methyl sites for hydroxylation is 1. The molecule has 0 radical (unpaired) electrons. The fraction of sp³-hybridized carbons (Fsp3) is 0.471. The lowest BCUT2D eigenvalue weighted by Gasteiger charge is -2.13. The molecule has 2 aromatic rings. The summed E-state index contributed by atoms with van der Waals surface area (Å²) in [6.45, 7) is 2.36. The monoisotopic (exact) mass is 474 g/mol. The number of carbonyl (C=O) groups is 1. The van der Waals surface area contributed by atoms with Crippen molar-refractivity contribution in [3.05, 3.63) is 42.6 Å². The number of aliphatic imine (C=N–C) groups is 1. The third kappa shape index (κ3) is 8.37. The summed E-state index contributed by atoms with van der Waals surface area (Å²) in [7, 11) is 3.44. The van der Waals surface area contributed by atoms with Crippen molar-refractivity contribution in [1.82, 2.24) is 25.3 Å². The highest BCUT2D eigenvalue weighted by atomic mass is 127. The number of aromatic nitrogens is 2. The third-order valence-electron chi connectivity index (χ3n) is 3.53. The first-order chi connectivity index (χ1) is 12.1. The van der Waals surface area contributed by atoms with E-state index in [0.717, 1.165) is 31.7 Å². The molecule has 0 aromatic carbocycles. The highest BCUT2D eigenvalue weighted by Crippen LogP contribution is 1.99. The van der Waals surface area contributed by atoms with Crippen molar-refractivity contribution < 1.29 is 9.21 Å². The molecule has 0 aliphatic heterocycles. The van der Waals surface area contributed by atoms with Gasteiger partial charge in [-0.15, -0.1) is 24.0 Å². The molecule has 0 bridgehead atoms. The molecular formula is C17H27IN6O2. The number of likely N-dealkylation sites (N-methyl/N-ethyl adjacent to an activating group) is 1. The van der Waals surface area contributed by atoms with Crippen LogP contribution in [0.5, 0.6) is 0 Å². The van der Waals surface area contributed by atoms with Gasteiger partial charge in [-0.3, -0.25) is 9.48 Å². The maximum atomic E-state index is 11.7. The lowest BCUT2D eigenvalue weighted by molar-refractivity contribution is -0.127. The molecule has 9 heteroatoms. The number of guanidine groups is 1. The summed E-state index contributed by atoms with van der Waals surface area (Å²) in [6, 6.07) is 5.71. The number of furan rings is 1. The van der Waals surface area contributed by atoms with Crippen LogP contribution in [0.2, 0.25) is 0 Å². The standard InChI is InChI=1S/C17H26N6O2.HI/c1-22(2)16(24)14-20-17(19-10-7-15-6-3-13-25-15)18-8-4-11-23-12-5-9-21-23;/h3,5-6,9,12-13H,4,7-8,10-11,14H2,1-2H3,(H2,18,19,20);1H. The second-order valence-corrected chi connectivity index (χ2v) is 5.76. The summed E-state index contributed by atoms with van der Waals surface area (Å²) in [4.78, 5) is 17.6. The Kier molecular flexibility index (Phi) is 10.4. The maximum absolute atomic E-state index is 11.7. The molecule has 2 rings (SSSR count). The van der Waals surface area contributed by atoms with Gasteiger partial charge in [-0.25, -0.2) is 4.99 Å². The van der Waals surface area contributed by atoms with Crippen LogP contribution >= 0.6 is 24.0 Å². The number of hydrogen-bond acceptors (Lipinski definition) is 4. The van der Waals surface area contributed by atoms with Gasteiger partial charge in [0.05, 0.1) is 6.26 Å². The molecule has 0 saturated heterocycles. The smallest absolute Gasteiger partial charge is 0.243 e. The Hall–Kier alpha value is -2.04. The fourth-order valence-corrected chi connectivity index (χ4v) is 2.10. The van der Waals surface area contributed by atoms with E-state index < -0.39 is 0 Å². The Morgan fingerprint density at radius 2 is 2.12 bits per heavy atom. The SMILES string of the molecule is CN(C)C(=O)CN=C(NCCCn1cccn1)NCCc1ccco1.I. The Bertz CT molecular complexity index is 640. The number of amides is 1. The van der Waals surface area contributed by atoms with Crippen molar-refractivity contribution in [2.45, 2.75) is 19.4 Å². The van der Waals surface area contributed by atoms with Crippen LogP contribution in [0.3, 0.4) is 0 Å². The Morgan fingerprint density at radius 3 is 2.77 bits per heavy atom. The van der Waals surface area contributed by atoms with Gasteiger partial charge < -0.3 is 20.0 Å². The molecule has 0 aliphatic rings. The highest BCUT2D eigenvalue weighted by Gasteiger charge is 2.05. The van der Waals surface area contributed by atoms with E-state index in [-0.39, 0.29) is 36.4 Å². The van der Waals surface area contributed by atoms with Gasteiger partial charge in [-0.2, -0.15) is 5.10 Å². The molecule has 2 N–H and O–H groups in total. The second-order valence-electron chi connectivity index (χ2n) is 5.76. The molecule has 2 aromatic heterocycles. The minimum atomic E-state index is -0.0383. The summed E-state index contributed by atoms with van der Waals surface area (Å²) < 4.78 is 7.20. The van der Waals surface area contributed by atoms with Crippen LogP contribution in [-0.2, 0) is 17.8 Å². The van der Waals surface area contributed by atoms with E-state index in [1.165, 1.54) is 4.90 Å². The van der Waals surface area contributed by atoms with Gasteiger partial charge in [-0.05, 0) is 24.6 Å². The van der Waals surface area contributed by atoms with Crippen LogP contribution < -0.4 is 10.6 Å². The Labute approximate surface area is 171 Å². The average molecular weight is 474 g/mol. The molecule has 26 heavy (non-hydrogen) atoms. The summed E-state index contributed by atoms with van der Waals surface area (Å²) in [5.41, 5.74) is 0. The van der Waals surface area contributed by atoms with Crippen molar-refractivity contribution >= 4 is 35.8 Å². The van der Waals surface area contributed by atoms with E-state index in [2.05, 4.69) is 20.7 Å². The van der Waals surface area contributed by atoms with E-state index in [4.69, 9.17) is 4.42 Å². The average Bonchev–Trinajstić information content (AvgIpc) is 3.29. The van der Waals surface area contributed by atoms with Crippen molar-refractivity contribution in [3.8, 4) is 0 Å². The molecule has 0 atom stereocenters. The van der Waals surface area contributed by atoms with Crippen LogP contribution in [0.25, 0.3) is 0 Å². The number of nitrogens with zero attached hydrogens (tertiary/aromatic N) is 4. The van der Waals surface area contributed by atoms with Gasteiger partial charge >= 0.3 is 0 Å². The first kappa shape index (κ1) is 22.0. The van der Waals surface area contributed by atoms with Crippen molar-refractivity contribution in [3.63, 3.8) is 0 Å². The first-order valence-electron chi connectivity index (χ1n) is 8.37. The molecule has 0 fully saturated rings. The molecule has 8 nitrogen and oxygen atoms in total. The van der Waals surface area contributed by atoms with E-state index >= 15 is 0 Å². The van der Waals surface area contributed by atoms with Crippen LogP contribution in [0.1, 0.15) is 12.2 Å². The molecule has 1 amide bonds. The van der Waals surface area contributed by atoms with E-state index in [1.807, 2.05) is 29.1 Å². The van der Waals surface area contributed by atoms with Crippen LogP contribution in [0.4, 0.5) is 0 Å². The van der Waals surface area contributed by atoms with Crippen molar-refractivity contribution in [2.24, 2.45) is 4.99 Å². The Morgan fingerprint density at radius 1 is 1.31 bits per heavy atom. The highest BCUT2D eigenvalue weighted by molar-refractivity contribution is 14.0. The molecule has 2 heterocycles. The quantitative estimate of drug-likeness (QED) is 0.248. The lowest BCUT2D eigenvalue weighted by Crippen LogP contribution is -2.40. The van der Waals surface area contributed by atoms with Crippen LogP contribution in [-0.4, -0.2) is 60.3 Å². The molecule has 0 saturated carbocycles. The van der Waals surface area contributed by atoms with E-state index in [0.29, 0.717) is 12.5 Å². The number of halogens is 1. The van der Waals surface area contributed by atoms with E-state index in [9.17, 15) is 4.79 Å². The summed E-state index contributed by atoms with van der Waals surface area (Å²) in [6.07, 6.45) is 7.02. The summed E-state index contributed by atoms with van der Waals surface area (Å²) in [5, 5.41) is 10.7. The van der Waals surface area contributed by atoms with E-state index in [1.54, 1.807) is 26.6 Å². The van der Waals surface area contributed by atoms with Gasteiger partial charge in [0.15, 0.2) is 5.96 Å². The molecule has 144 valence electrons. The minimum absolute atomic E-state index is 0. The van der Waals surface area contributed by atoms with Gasteiger partial charge in [-0.1, -0.05) is 0 Å². The molecular weight excluding hydrogens is 447 g/mol. The first-order valence-corrected chi connectivity index (χ1v) is 8.37. The van der Waals surface area contributed by atoms with Gasteiger partial charge in [0, 0.05) is 52.5 Å². The van der Waals surface area contributed by atoms with Crippen molar-refractivity contribution in [2.75, 3.05) is 33.7 Å². The number of nitrogens with one attached hydrogen (secondary N) is 2. The minimum Gasteiger partial charge on any atom is -0.469 e.